The molecule has 0 spiro atoms. The van der Waals surface area contributed by atoms with E-state index in [9.17, 15) is 8.42 Å². The molecule has 2 heterocycles. The van der Waals surface area contributed by atoms with Gasteiger partial charge < -0.3 is 9.80 Å². The largest absolute Gasteiger partial charge is 0.354 e. The Morgan fingerprint density at radius 3 is 2.32 bits per heavy atom. The van der Waals surface area contributed by atoms with Gasteiger partial charge in [-0.3, -0.25) is 0 Å². The summed E-state index contributed by atoms with van der Waals surface area (Å²) in [6.45, 7) is 7.20. The molecule has 0 unspecified atom stereocenters. The minimum atomic E-state index is -3.70. The molecule has 28 heavy (non-hydrogen) atoms. The first-order chi connectivity index (χ1) is 13.5. The summed E-state index contributed by atoms with van der Waals surface area (Å²) in [6, 6.07) is 16.9. The van der Waals surface area contributed by atoms with Gasteiger partial charge >= 0.3 is 0 Å². The third-order valence-corrected chi connectivity index (χ3v) is 6.25. The average Bonchev–Trinajstić information content (AvgIpc) is 2.72. The van der Waals surface area contributed by atoms with Crippen molar-refractivity contribution in [1.82, 2.24) is 9.88 Å². The molecule has 1 aliphatic heterocycles. The Bertz CT molecular complexity index is 1090. The highest BCUT2D eigenvalue weighted by atomic mass is 32.2. The molecule has 0 aliphatic carbocycles. The normalized spacial score (nSPS) is 15.9. The fourth-order valence-electron chi connectivity index (χ4n) is 3.66. The third kappa shape index (κ3) is 3.73. The van der Waals surface area contributed by atoms with Gasteiger partial charge in [0.15, 0.2) is 0 Å². The number of nitrogens with two attached hydrogens (primary N) is 1. The summed E-state index contributed by atoms with van der Waals surface area (Å²) < 4.78 is 23.0. The lowest BCUT2D eigenvalue weighted by molar-refractivity contribution is 0.271. The number of aromatic nitrogens is 1. The molecule has 4 rings (SSSR count). The molecule has 7 heteroatoms. The summed E-state index contributed by atoms with van der Waals surface area (Å²) in [6.07, 6.45) is 0. The molecule has 0 saturated carbocycles. The number of hydrogen-bond donors (Lipinski definition) is 1. The standard InChI is InChI=1S/C21H24N4O2S/c1-2-24-11-13-25(14-12-24)21-19-6-4-3-5-17(19)15-20(23-21)16-7-9-18(10-8-16)28(22,26)27/h3-10,15H,2,11-14H2,1H3,(H2,22,26,27). The first kappa shape index (κ1) is 18.9. The Labute approximate surface area is 165 Å². The number of fused-ring (bicyclic) bond motifs is 1. The zero-order valence-electron chi connectivity index (χ0n) is 15.9. The van der Waals surface area contributed by atoms with Crippen molar-refractivity contribution in [1.29, 1.82) is 0 Å². The second kappa shape index (κ2) is 7.50. The van der Waals surface area contributed by atoms with E-state index in [1.165, 1.54) is 12.1 Å². The Hall–Kier alpha value is -2.48. The van der Waals surface area contributed by atoms with Crippen molar-refractivity contribution < 1.29 is 8.42 Å². The van der Waals surface area contributed by atoms with E-state index < -0.39 is 10.0 Å². The van der Waals surface area contributed by atoms with Gasteiger partial charge in [-0.25, -0.2) is 18.5 Å². The van der Waals surface area contributed by atoms with Gasteiger partial charge in [0, 0.05) is 37.1 Å². The van der Waals surface area contributed by atoms with Crippen LogP contribution in [0, 0.1) is 0 Å². The molecular formula is C21H24N4O2S. The number of anilines is 1. The van der Waals surface area contributed by atoms with E-state index in [4.69, 9.17) is 10.1 Å². The summed E-state index contributed by atoms with van der Waals surface area (Å²) in [5.74, 6) is 0.986. The van der Waals surface area contributed by atoms with Gasteiger partial charge in [-0.2, -0.15) is 0 Å². The molecule has 0 atom stereocenters. The first-order valence-corrected chi connectivity index (χ1v) is 11.0. The van der Waals surface area contributed by atoms with E-state index in [1.807, 2.05) is 18.2 Å². The zero-order valence-corrected chi connectivity index (χ0v) is 16.7. The van der Waals surface area contributed by atoms with Gasteiger partial charge in [-0.05, 0) is 30.1 Å². The lowest BCUT2D eigenvalue weighted by Gasteiger charge is -2.35. The van der Waals surface area contributed by atoms with E-state index in [0.717, 1.165) is 60.6 Å². The van der Waals surface area contributed by atoms with Gasteiger partial charge in [-0.15, -0.1) is 0 Å². The number of hydrogen-bond acceptors (Lipinski definition) is 5. The molecule has 1 aliphatic rings. The van der Waals surface area contributed by atoms with Crippen molar-refractivity contribution in [2.45, 2.75) is 11.8 Å². The number of primary sulfonamides is 1. The van der Waals surface area contributed by atoms with Crippen LogP contribution in [0.5, 0.6) is 0 Å². The molecule has 0 amide bonds. The summed E-state index contributed by atoms with van der Waals surface area (Å²) in [4.78, 5) is 9.85. The van der Waals surface area contributed by atoms with Crippen molar-refractivity contribution in [3.05, 3.63) is 54.6 Å². The smallest absolute Gasteiger partial charge is 0.238 e. The van der Waals surface area contributed by atoms with Crippen LogP contribution >= 0.6 is 0 Å². The number of nitrogens with zero attached hydrogens (tertiary/aromatic N) is 3. The average molecular weight is 397 g/mol. The molecule has 1 saturated heterocycles. The van der Waals surface area contributed by atoms with Crippen LogP contribution in [-0.4, -0.2) is 51.0 Å². The van der Waals surface area contributed by atoms with Crippen LogP contribution in [0.2, 0.25) is 0 Å². The van der Waals surface area contributed by atoms with E-state index >= 15 is 0 Å². The van der Waals surface area contributed by atoms with E-state index in [1.54, 1.807) is 12.1 Å². The van der Waals surface area contributed by atoms with Crippen molar-refractivity contribution >= 4 is 26.6 Å². The molecule has 0 bridgehead atoms. The second-order valence-electron chi connectivity index (χ2n) is 7.04. The molecular weight excluding hydrogens is 372 g/mol. The number of likely N-dealkylation sites (N-methyl/N-ethyl adjacent to an activating group) is 1. The highest BCUT2D eigenvalue weighted by molar-refractivity contribution is 7.89. The molecule has 1 fully saturated rings. The summed E-state index contributed by atoms with van der Waals surface area (Å²) in [5.41, 5.74) is 1.69. The molecule has 2 aromatic carbocycles. The molecule has 2 N–H and O–H groups in total. The first-order valence-electron chi connectivity index (χ1n) is 9.46. The van der Waals surface area contributed by atoms with Crippen LogP contribution in [-0.2, 0) is 10.0 Å². The van der Waals surface area contributed by atoms with Crippen molar-refractivity contribution in [2.75, 3.05) is 37.6 Å². The van der Waals surface area contributed by atoms with E-state index in [-0.39, 0.29) is 4.90 Å². The number of pyridine rings is 1. The van der Waals surface area contributed by atoms with Crippen LogP contribution in [0.4, 0.5) is 5.82 Å². The Balaban J connectivity index is 1.76. The fraction of sp³-hybridized carbons (Fsp3) is 0.286. The van der Waals surface area contributed by atoms with Crippen molar-refractivity contribution in [3.63, 3.8) is 0 Å². The van der Waals surface area contributed by atoms with Crippen LogP contribution < -0.4 is 10.0 Å². The Kier molecular flexibility index (Phi) is 5.05. The maximum absolute atomic E-state index is 11.5. The van der Waals surface area contributed by atoms with Gasteiger partial charge in [-0.1, -0.05) is 43.3 Å². The van der Waals surface area contributed by atoms with Crippen LogP contribution in [0.25, 0.3) is 22.0 Å². The fourth-order valence-corrected chi connectivity index (χ4v) is 4.18. The predicted octanol–water partition coefficient (Wildman–Crippen LogP) is 2.69. The number of rotatable bonds is 4. The van der Waals surface area contributed by atoms with Gasteiger partial charge in [0.25, 0.3) is 0 Å². The minimum absolute atomic E-state index is 0.105. The lowest BCUT2D eigenvalue weighted by atomic mass is 10.1. The topological polar surface area (TPSA) is 79.5 Å². The summed E-state index contributed by atoms with van der Waals surface area (Å²) in [7, 11) is -3.70. The molecule has 3 aromatic rings. The van der Waals surface area contributed by atoms with E-state index in [2.05, 4.69) is 28.9 Å². The van der Waals surface area contributed by atoms with E-state index in [0.29, 0.717) is 0 Å². The lowest BCUT2D eigenvalue weighted by Crippen LogP contribution is -2.46. The quantitative estimate of drug-likeness (QED) is 0.733. The highest BCUT2D eigenvalue weighted by Crippen LogP contribution is 2.31. The summed E-state index contributed by atoms with van der Waals surface area (Å²) in [5, 5.41) is 7.47. The van der Waals surface area contributed by atoms with Crippen LogP contribution in [0.3, 0.4) is 0 Å². The van der Waals surface area contributed by atoms with Crippen LogP contribution in [0.15, 0.2) is 59.5 Å². The summed E-state index contributed by atoms with van der Waals surface area (Å²) >= 11 is 0. The SMILES string of the molecule is CCN1CCN(c2nc(-c3ccc(S(N)(=O)=O)cc3)cc3ccccc23)CC1. The molecule has 0 radical (unpaired) electrons. The van der Waals surface area contributed by atoms with Crippen molar-refractivity contribution in [2.24, 2.45) is 5.14 Å². The predicted molar refractivity (Wildman–Crippen MR) is 113 cm³/mol. The number of sulfonamides is 1. The minimum Gasteiger partial charge on any atom is -0.354 e. The maximum Gasteiger partial charge on any atom is 0.238 e. The van der Waals surface area contributed by atoms with Gasteiger partial charge in [0.2, 0.25) is 10.0 Å². The maximum atomic E-state index is 11.5. The highest BCUT2D eigenvalue weighted by Gasteiger charge is 2.20. The van der Waals surface area contributed by atoms with Gasteiger partial charge in [0.05, 0.1) is 10.6 Å². The van der Waals surface area contributed by atoms with Crippen LogP contribution in [0.1, 0.15) is 6.92 Å². The van der Waals surface area contributed by atoms with Gasteiger partial charge in [0.1, 0.15) is 5.82 Å². The molecule has 146 valence electrons. The Morgan fingerprint density at radius 1 is 1.00 bits per heavy atom. The Morgan fingerprint density at radius 2 is 1.68 bits per heavy atom. The number of piperazine rings is 1. The van der Waals surface area contributed by atoms with Crippen molar-refractivity contribution in [3.8, 4) is 11.3 Å². The molecule has 6 nitrogen and oxygen atoms in total. The zero-order chi connectivity index (χ0) is 19.7. The molecule has 1 aromatic heterocycles. The third-order valence-electron chi connectivity index (χ3n) is 5.32. The number of benzene rings is 2. The monoisotopic (exact) mass is 396 g/mol. The second-order valence-corrected chi connectivity index (χ2v) is 8.60.